The number of carbonyl (C=O) groups is 1. The Labute approximate surface area is 186 Å². The highest BCUT2D eigenvalue weighted by Gasteiger charge is 2.25. The number of rotatable bonds is 6. The zero-order chi connectivity index (χ0) is 21.8. The van der Waals surface area contributed by atoms with Crippen LogP contribution in [0.25, 0.3) is 10.9 Å². The van der Waals surface area contributed by atoms with E-state index in [0.29, 0.717) is 6.54 Å². The molecule has 1 fully saturated rings. The van der Waals surface area contributed by atoms with Crippen LogP contribution in [0.3, 0.4) is 0 Å². The van der Waals surface area contributed by atoms with E-state index in [1.807, 2.05) is 24.4 Å². The molecule has 0 aliphatic carbocycles. The molecule has 0 spiro atoms. The minimum Gasteiger partial charge on any atom is -0.351 e. The number of nitrogens with zero attached hydrogens (tertiary/aromatic N) is 4. The maximum atomic E-state index is 12.5. The Kier molecular flexibility index (Phi) is 5.89. The van der Waals surface area contributed by atoms with Crippen LogP contribution in [-0.4, -0.2) is 39.0 Å². The van der Waals surface area contributed by atoms with Gasteiger partial charge in [-0.05, 0) is 60.8 Å². The normalized spacial score (nSPS) is 16.8. The van der Waals surface area contributed by atoms with Crippen LogP contribution in [0.2, 0.25) is 0 Å². The van der Waals surface area contributed by atoms with Gasteiger partial charge in [0.15, 0.2) is 0 Å². The van der Waals surface area contributed by atoms with Crippen LogP contribution < -0.4 is 5.32 Å². The van der Waals surface area contributed by atoms with Crippen LogP contribution in [0, 0.1) is 0 Å². The third-order valence-corrected chi connectivity index (χ3v) is 5.95. The number of amides is 1. The molecule has 0 bridgehead atoms. The second kappa shape index (κ2) is 9.28. The minimum absolute atomic E-state index is 0.252. The lowest BCUT2D eigenvalue weighted by Crippen LogP contribution is -2.34. The van der Waals surface area contributed by atoms with Crippen LogP contribution in [0.5, 0.6) is 0 Å². The Morgan fingerprint density at radius 3 is 2.91 bits per heavy atom. The van der Waals surface area contributed by atoms with Crippen molar-refractivity contribution in [2.45, 2.75) is 31.8 Å². The summed E-state index contributed by atoms with van der Waals surface area (Å²) in [6.07, 6.45) is 7.37. The van der Waals surface area contributed by atoms with Crippen LogP contribution in [-0.2, 0) is 13.1 Å². The average molecular weight is 428 g/mol. The lowest BCUT2D eigenvalue weighted by Gasteiger charge is -2.31. The number of aromatic nitrogens is 3. The van der Waals surface area contributed by atoms with Crippen molar-refractivity contribution in [1.29, 1.82) is 0 Å². The number of piperidine rings is 1. The molecular weight excluding hydrogens is 402 g/mol. The number of nitrogens with one attached hydrogen (secondary N) is 1. The van der Waals surface area contributed by atoms with E-state index >= 15 is 0 Å². The van der Waals surface area contributed by atoms with E-state index in [2.05, 4.69) is 49.6 Å². The molecule has 3 aromatic heterocycles. The Hall–Kier alpha value is -3.58. The first-order valence-electron chi connectivity index (χ1n) is 10.9. The van der Waals surface area contributed by atoms with Gasteiger partial charge in [-0.2, -0.15) is 0 Å². The molecule has 1 unspecified atom stereocenters. The lowest BCUT2D eigenvalue weighted by molar-refractivity contribution is 0.0913. The van der Waals surface area contributed by atoms with Gasteiger partial charge in [0.25, 0.3) is 5.91 Å². The van der Waals surface area contributed by atoms with E-state index in [9.17, 15) is 4.79 Å². The van der Waals surface area contributed by atoms with Gasteiger partial charge >= 0.3 is 0 Å². The van der Waals surface area contributed by atoms with Gasteiger partial charge < -0.3 is 9.84 Å². The molecule has 4 aromatic rings. The van der Waals surface area contributed by atoms with Crippen molar-refractivity contribution in [3.05, 3.63) is 89.7 Å². The predicted molar refractivity (Wildman–Crippen MR) is 121 cm³/mol. The number of likely N-dealkylation sites (tertiary alicyclic amines) is 1. The summed E-state index contributed by atoms with van der Waals surface area (Å²) in [6.45, 7) is 3.27. The van der Waals surface area contributed by atoms with Gasteiger partial charge in [-0.1, -0.05) is 17.3 Å². The SMILES string of the molecule is O=C(NCc1ccncc1)c1cc(C2CCCN(Cc3ccc4ncccc4c3)C2)no1. The minimum atomic E-state index is -0.252. The Morgan fingerprint density at radius 1 is 1.09 bits per heavy atom. The van der Waals surface area contributed by atoms with Crippen molar-refractivity contribution in [3.8, 4) is 0 Å². The number of hydrogen-bond donors (Lipinski definition) is 1. The quantitative estimate of drug-likeness (QED) is 0.502. The molecule has 0 radical (unpaired) electrons. The highest BCUT2D eigenvalue weighted by Crippen LogP contribution is 2.28. The van der Waals surface area contributed by atoms with Crippen molar-refractivity contribution in [2.75, 3.05) is 13.1 Å². The first kappa shape index (κ1) is 20.3. The number of fused-ring (bicyclic) bond motifs is 1. The molecule has 1 atom stereocenters. The fraction of sp³-hybridized carbons (Fsp3) is 0.280. The monoisotopic (exact) mass is 427 g/mol. The molecule has 7 heteroatoms. The zero-order valence-corrected chi connectivity index (χ0v) is 17.8. The van der Waals surface area contributed by atoms with E-state index in [0.717, 1.165) is 54.6 Å². The Morgan fingerprint density at radius 2 is 2.00 bits per heavy atom. The molecule has 4 heterocycles. The zero-order valence-electron chi connectivity index (χ0n) is 17.8. The molecule has 5 rings (SSSR count). The van der Waals surface area contributed by atoms with Gasteiger partial charge in [0.05, 0.1) is 11.2 Å². The standard InChI is InChI=1S/C25H25N5O2/c31-25(28-15-18-7-10-26-11-8-18)24-14-23(29-32-24)21-4-2-12-30(17-21)16-19-5-6-22-20(13-19)3-1-9-27-22/h1,3,5-11,13-14,21H,2,4,12,15-17H2,(H,28,31). The first-order valence-corrected chi connectivity index (χ1v) is 10.9. The summed E-state index contributed by atoms with van der Waals surface area (Å²) in [6, 6.07) is 16.1. The number of benzene rings is 1. The van der Waals surface area contributed by atoms with E-state index in [1.54, 1.807) is 18.5 Å². The molecule has 1 aromatic carbocycles. The summed E-state index contributed by atoms with van der Waals surface area (Å²) in [5.74, 6) is 0.266. The predicted octanol–water partition coefficient (Wildman–Crippen LogP) is 3.93. The van der Waals surface area contributed by atoms with Crippen molar-refractivity contribution in [3.63, 3.8) is 0 Å². The average Bonchev–Trinajstić information content (AvgIpc) is 3.34. The molecule has 7 nitrogen and oxygen atoms in total. The molecule has 1 amide bonds. The van der Waals surface area contributed by atoms with Crippen LogP contribution >= 0.6 is 0 Å². The second-order valence-corrected chi connectivity index (χ2v) is 8.26. The van der Waals surface area contributed by atoms with E-state index in [1.165, 1.54) is 5.56 Å². The van der Waals surface area contributed by atoms with Crippen molar-refractivity contribution >= 4 is 16.8 Å². The fourth-order valence-corrected chi connectivity index (χ4v) is 4.28. The van der Waals surface area contributed by atoms with E-state index in [4.69, 9.17) is 4.52 Å². The molecule has 1 N–H and O–H groups in total. The molecule has 0 saturated carbocycles. The third-order valence-electron chi connectivity index (χ3n) is 5.95. The third kappa shape index (κ3) is 4.68. The van der Waals surface area contributed by atoms with E-state index in [-0.39, 0.29) is 17.6 Å². The van der Waals surface area contributed by atoms with Gasteiger partial charge in [0.1, 0.15) is 0 Å². The number of pyridine rings is 2. The van der Waals surface area contributed by atoms with Crippen molar-refractivity contribution in [1.82, 2.24) is 25.3 Å². The van der Waals surface area contributed by atoms with Crippen molar-refractivity contribution < 1.29 is 9.32 Å². The second-order valence-electron chi connectivity index (χ2n) is 8.26. The lowest BCUT2D eigenvalue weighted by atomic mass is 9.94. The Balaban J connectivity index is 1.20. The molecule has 1 aliphatic rings. The maximum absolute atomic E-state index is 12.5. The molecule has 1 saturated heterocycles. The maximum Gasteiger partial charge on any atom is 0.290 e. The molecule has 1 aliphatic heterocycles. The van der Waals surface area contributed by atoms with Gasteiger partial charge in [-0.15, -0.1) is 0 Å². The van der Waals surface area contributed by atoms with Gasteiger partial charge in [-0.25, -0.2) is 0 Å². The fourth-order valence-electron chi connectivity index (χ4n) is 4.28. The van der Waals surface area contributed by atoms with Gasteiger partial charge in [0, 0.05) is 55.6 Å². The van der Waals surface area contributed by atoms with Gasteiger partial charge in [-0.3, -0.25) is 19.7 Å². The summed E-state index contributed by atoms with van der Waals surface area (Å²) in [5, 5.41) is 8.25. The van der Waals surface area contributed by atoms with Crippen LogP contribution in [0.1, 0.15) is 46.1 Å². The van der Waals surface area contributed by atoms with E-state index < -0.39 is 0 Å². The van der Waals surface area contributed by atoms with Crippen molar-refractivity contribution in [2.24, 2.45) is 0 Å². The summed E-state index contributed by atoms with van der Waals surface area (Å²) >= 11 is 0. The highest BCUT2D eigenvalue weighted by molar-refractivity contribution is 5.91. The number of hydrogen-bond acceptors (Lipinski definition) is 6. The molecular formula is C25H25N5O2. The van der Waals surface area contributed by atoms with Crippen LogP contribution in [0.4, 0.5) is 0 Å². The molecule has 32 heavy (non-hydrogen) atoms. The van der Waals surface area contributed by atoms with Crippen LogP contribution in [0.15, 0.2) is 71.6 Å². The first-order chi connectivity index (χ1) is 15.7. The summed E-state index contributed by atoms with van der Waals surface area (Å²) in [5.41, 5.74) is 4.14. The summed E-state index contributed by atoms with van der Waals surface area (Å²) in [7, 11) is 0. The smallest absolute Gasteiger partial charge is 0.290 e. The number of carbonyl (C=O) groups excluding carboxylic acids is 1. The van der Waals surface area contributed by atoms with Gasteiger partial charge in [0.2, 0.25) is 5.76 Å². The summed E-state index contributed by atoms with van der Waals surface area (Å²) in [4.78, 5) is 23.3. The Bertz CT molecular complexity index is 1210. The summed E-state index contributed by atoms with van der Waals surface area (Å²) < 4.78 is 5.37. The highest BCUT2D eigenvalue weighted by atomic mass is 16.5. The largest absolute Gasteiger partial charge is 0.351 e. The topological polar surface area (TPSA) is 84.2 Å². The molecule has 162 valence electrons.